The van der Waals surface area contributed by atoms with Crippen LogP contribution in [0.5, 0.6) is 0 Å². The highest BCUT2D eigenvalue weighted by Gasteiger charge is 2.20. The minimum atomic E-state index is -3.47. The van der Waals surface area contributed by atoms with Gasteiger partial charge in [-0.25, -0.2) is 12.7 Å². The molecular formula is C19H26ClN3O3S. The van der Waals surface area contributed by atoms with E-state index in [-0.39, 0.29) is 29.3 Å². The summed E-state index contributed by atoms with van der Waals surface area (Å²) in [6.07, 6.45) is 0. The van der Waals surface area contributed by atoms with Crippen LogP contribution in [-0.4, -0.2) is 32.7 Å². The Morgan fingerprint density at radius 1 is 1.00 bits per heavy atom. The van der Waals surface area contributed by atoms with Crippen molar-refractivity contribution in [1.82, 2.24) is 9.62 Å². The minimum absolute atomic E-state index is 0. The molecule has 0 heterocycles. The van der Waals surface area contributed by atoms with E-state index in [0.29, 0.717) is 0 Å². The molecule has 2 rings (SSSR count). The van der Waals surface area contributed by atoms with Crippen LogP contribution in [0.2, 0.25) is 0 Å². The number of nitrogens with two attached hydrogens (primary N) is 1. The maximum absolute atomic E-state index is 12.4. The number of amides is 1. The van der Waals surface area contributed by atoms with Gasteiger partial charge in [-0.05, 0) is 37.1 Å². The first-order chi connectivity index (χ1) is 12.1. The third-order valence-corrected chi connectivity index (χ3v) is 6.07. The zero-order valence-corrected chi connectivity index (χ0v) is 17.5. The maximum Gasteiger partial charge on any atom is 0.242 e. The maximum atomic E-state index is 12.4. The molecule has 0 radical (unpaired) electrons. The van der Waals surface area contributed by atoms with Gasteiger partial charge < -0.3 is 11.1 Å². The van der Waals surface area contributed by atoms with Crippen molar-refractivity contribution in [3.63, 3.8) is 0 Å². The monoisotopic (exact) mass is 411 g/mol. The van der Waals surface area contributed by atoms with Crippen LogP contribution in [0.15, 0.2) is 53.4 Å². The van der Waals surface area contributed by atoms with Crippen molar-refractivity contribution in [3.05, 3.63) is 65.2 Å². The number of hydrogen-bond donors (Lipinski definition) is 2. The summed E-state index contributed by atoms with van der Waals surface area (Å²) in [4.78, 5) is 12.6. The lowest BCUT2D eigenvalue weighted by Crippen LogP contribution is -2.35. The summed E-state index contributed by atoms with van der Waals surface area (Å²) < 4.78 is 25.4. The number of sulfonamides is 1. The average molecular weight is 412 g/mol. The Labute approximate surface area is 167 Å². The molecular weight excluding hydrogens is 386 g/mol. The highest BCUT2D eigenvalue weighted by molar-refractivity contribution is 7.89. The van der Waals surface area contributed by atoms with Gasteiger partial charge in [0, 0.05) is 14.1 Å². The van der Waals surface area contributed by atoms with Crippen molar-refractivity contribution in [1.29, 1.82) is 0 Å². The number of nitrogens with zero attached hydrogens (tertiary/aromatic N) is 1. The van der Waals surface area contributed by atoms with Crippen molar-refractivity contribution in [2.24, 2.45) is 5.73 Å². The molecule has 0 saturated carbocycles. The van der Waals surface area contributed by atoms with Crippen LogP contribution >= 0.6 is 12.4 Å². The number of rotatable bonds is 6. The fraction of sp³-hybridized carbons (Fsp3) is 0.316. The molecule has 3 N–H and O–H groups in total. The zero-order chi connectivity index (χ0) is 19.5. The van der Waals surface area contributed by atoms with E-state index in [2.05, 4.69) is 5.32 Å². The molecule has 0 aliphatic rings. The first-order valence-corrected chi connectivity index (χ1v) is 9.72. The number of halogens is 1. The lowest BCUT2D eigenvalue weighted by molar-refractivity contribution is -0.123. The van der Waals surface area contributed by atoms with E-state index < -0.39 is 16.1 Å². The molecule has 2 aromatic carbocycles. The van der Waals surface area contributed by atoms with Crippen LogP contribution in [0.4, 0.5) is 0 Å². The second kappa shape index (κ2) is 9.32. The van der Waals surface area contributed by atoms with E-state index in [1.807, 2.05) is 38.1 Å². The molecule has 0 aliphatic carbocycles. The minimum Gasteiger partial charge on any atom is -0.348 e. The third-order valence-electron chi connectivity index (χ3n) is 4.24. The van der Waals surface area contributed by atoms with Gasteiger partial charge in [0.1, 0.15) is 6.04 Å². The zero-order valence-electron chi connectivity index (χ0n) is 15.8. The summed E-state index contributed by atoms with van der Waals surface area (Å²) in [5, 5.41) is 2.87. The second-order valence-electron chi connectivity index (χ2n) is 6.48. The standard InChI is InChI=1S/C19H25N3O3S.ClH/c1-13-5-7-16(8-6-13)18(20)19(23)21-14(2)15-9-11-17(12-10-15)26(24,25)22(3)4;/h5-12,14,18H,20H2,1-4H3,(H,21,23);1H. The number of aryl methyl sites for hydroxylation is 1. The van der Waals surface area contributed by atoms with Gasteiger partial charge in [-0.1, -0.05) is 42.0 Å². The van der Waals surface area contributed by atoms with Gasteiger partial charge >= 0.3 is 0 Å². The molecule has 148 valence electrons. The molecule has 1 amide bonds. The summed E-state index contributed by atoms with van der Waals surface area (Å²) >= 11 is 0. The Hall–Kier alpha value is -1.93. The van der Waals surface area contributed by atoms with Crippen molar-refractivity contribution in [2.45, 2.75) is 30.8 Å². The van der Waals surface area contributed by atoms with Crippen LogP contribution in [-0.2, 0) is 14.8 Å². The summed E-state index contributed by atoms with van der Waals surface area (Å²) in [5.41, 5.74) is 8.67. The SMILES string of the molecule is Cc1ccc(C(N)C(=O)NC(C)c2ccc(S(=O)(=O)N(C)C)cc2)cc1.Cl. The Morgan fingerprint density at radius 2 is 1.48 bits per heavy atom. The van der Waals surface area contributed by atoms with E-state index in [0.717, 1.165) is 21.0 Å². The van der Waals surface area contributed by atoms with E-state index in [4.69, 9.17) is 5.73 Å². The molecule has 2 atom stereocenters. The average Bonchev–Trinajstić information content (AvgIpc) is 2.61. The van der Waals surface area contributed by atoms with Crippen molar-refractivity contribution in [3.8, 4) is 0 Å². The fourth-order valence-corrected chi connectivity index (χ4v) is 3.35. The quantitative estimate of drug-likeness (QED) is 0.763. The summed E-state index contributed by atoms with van der Waals surface area (Å²) in [6.45, 7) is 3.80. The Kier molecular flexibility index (Phi) is 7.98. The molecule has 2 unspecified atom stereocenters. The molecule has 0 aromatic heterocycles. The molecule has 2 aromatic rings. The Morgan fingerprint density at radius 3 is 1.96 bits per heavy atom. The van der Waals surface area contributed by atoms with Crippen LogP contribution < -0.4 is 11.1 Å². The van der Waals surface area contributed by atoms with E-state index in [1.54, 1.807) is 12.1 Å². The van der Waals surface area contributed by atoms with Crippen molar-refractivity contribution >= 4 is 28.3 Å². The van der Waals surface area contributed by atoms with Gasteiger partial charge in [-0.3, -0.25) is 4.79 Å². The van der Waals surface area contributed by atoms with Gasteiger partial charge in [0.2, 0.25) is 15.9 Å². The Balaban J connectivity index is 0.00000364. The van der Waals surface area contributed by atoms with Gasteiger partial charge in [-0.2, -0.15) is 0 Å². The predicted octanol–water partition coefficient (Wildman–Crippen LogP) is 2.54. The lowest BCUT2D eigenvalue weighted by atomic mass is 10.0. The summed E-state index contributed by atoms with van der Waals surface area (Å²) in [7, 11) is -0.500. The molecule has 8 heteroatoms. The van der Waals surface area contributed by atoms with Crippen molar-refractivity contribution < 1.29 is 13.2 Å². The molecule has 27 heavy (non-hydrogen) atoms. The van der Waals surface area contributed by atoms with Crippen LogP contribution in [0, 0.1) is 6.92 Å². The molecule has 0 fully saturated rings. The highest BCUT2D eigenvalue weighted by atomic mass is 35.5. The van der Waals surface area contributed by atoms with Gasteiger partial charge in [0.15, 0.2) is 0 Å². The fourth-order valence-electron chi connectivity index (χ4n) is 2.45. The first-order valence-electron chi connectivity index (χ1n) is 8.28. The predicted molar refractivity (Wildman–Crippen MR) is 109 cm³/mol. The van der Waals surface area contributed by atoms with E-state index in [9.17, 15) is 13.2 Å². The number of carbonyl (C=O) groups excluding carboxylic acids is 1. The van der Waals surface area contributed by atoms with Crippen LogP contribution in [0.25, 0.3) is 0 Å². The molecule has 0 spiro atoms. The van der Waals surface area contributed by atoms with Gasteiger partial charge in [0.05, 0.1) is 10.9 Å². The number of carbonyl (C=O) groups is 1. The van der Waals surface area contributed by atoms with E-state index >= 15 is 0 Å². The van der Waals surface area contributed by atoms with Gasteiger partial charge in [-0.15, -0.1) is 12.4 Å². The lowest BCUT2D eigenvalue weighted by Gasteiger charge is -2.19. The molecule has 0 saturated heterocycles. The van der Waals surface area contributed by atoms with Crippen LogP contribution in [0.1, 0.15) is 35.7 Å². The number of benzene rings is 2. The highest BCUT2D eigenvalue weighted by Crippen LogP contribution is 2.19. The normalized spacial score (nSPS) is 13.6. The Bertz CT molecular complexity index is 866. The van der Waals surface area contributed by atoms with Crippen LogP contribution in [0.3, 0.4) is 0 Å². The second-order valence-corrected chi connectivity index (χ2v) is 8.63. The first kappa shape index (κ1) is 23.1. The largest absolute Gasteiger partial charge is 0.348 e. The number of hydrogen-bond acceptors (Lipinski definition) is 4. The van der Waals surface area contributed by atoms with Crippen molar-refractivity contribution in [2.75, 3.05) is 14.1 Å². The van der Waals surface area contributed by atoms with E-state index in [1.165, 1.54) is 26.2 Å². The molecule has 0 aliphatic heterocycles. The van der Waals surface area contributed by atoms with Gasteiger partial charge in [0.25, 0.3) is 0 Å². The summed E-state index contributed by atoms with van der Waals surface area (Å²) in [5.74, 6) is -0.286. The molecule has 6 nitrogen and oxygen atoms in total. The summed E-state index contributed by atoms with van der Waals surface area (Å²) in [6, 6.07) is 12.9. The third kappa shape index (κ3) is 5.52. The smallest absolute Gasteiger partial charge is 0.242 e. The molecule has 0 bridgehead atoms. The topological polar surface area (TPSA) is 92.5 Å². The number of nitrogens with one attached hydrogen (secondary N) is 1.